The molecule has 4 atom stereocenters. The van der Waals surface area contributed by atoms with Crippen molar-refractivity contribution >= 4 is 6.09 Å². The van der Waals surface area contributed by atoms with Gasteiger partial charge < -0.3 is 25.2 Å². The first-order valence-corrected chi connectivity index (χ1v) is 13.5. The van der Waals surface area contributed by atoms with Crippen molar-refractivity contribution in [3.05, 3.63) is 59.4 Å². The SMILES string of the molecule is CCC12CC(C)(O)C(O)(c3ccccn3)C[C@H]1CCc1cc(OC(=O)NCCN3CCCC3)ccc12. The zero-order valence-electron chi connectivity index (χ0n) is 21.5. The highest BCUT2D eigenvalue weighted by Gasteiger charge is 2.61. The van der Waals surface area contributed by atoms with E-state index in [1.807, 2.05) is 30.3 Å². The molecule has 2 aliphatic carbocycles. The number of ether oxygens (including phenoxy) is 1. The zero-order valence-corrected chi connectivity index (χ0v) is 21.5. The lowest BCUT2D eigenvalue weighted by atomic mass is 9.49. The molecule has 2 fully saturated rings. The molecule has 1 saturated heterocycles. The third kappa shape index (κ3) is 4.42. The van der Waals surface area contributed by atoms with Crippen molar-refractivity contribution in [2.45, 2.75) is 75.4 Å². The average Bonchev–Trinajstić information content (AvgIpc) is 3.38. The fourth-order valence-electron chi connectivity index (χ4n) is 7.08. The number of pyridine rings is 1. The summed E-state index contributed by atoms with van der Waals surface area (Å²) in [7, 11) is 0. The van der Waals surface area contributed by atoms with Gasteiger partial charge in [-0.3, -0.25) is 4.98 Å². The number of nitrogens with one attached hydrogen (secondary N) is 1. The monoisotopic (exact) mass is 493 g/mol. The molecule has 0 spiro atoms. The van der Waals surface area contributed by atoms with Crippen molar-refractivity contribution in [2.24, 2.45) is 5.92 Å². The lowest BCUT2D eigenvalue weighted by Crippen LogP contribution is -2.62. The maximum atomic E-state index is 12.4. The Morgan fingerprint density at radius 3 is 2.75 bits per heavy atom. The topological polar surface area (TPSA) is 94.9 Å². The van der Waals surface area contributed by atoms with Gasteiger partial charge in [-0.2, -0.15) is 0 Å². The van der Waals surface area contributed by atoms with Crippen molar-refractivity contribution in [3.63, 3.8) is 0 Å². The summed E-state index contributed by atoms with van der Waals surface area (Å²) in [6.45, 7) is 7.56. The zero-order chi connectivity index (χ0) is 25.4. The Hall–Kier alpha value is -2.48. The number of likely N-dealkylation sites (tertiary alicyclic amines) is 1. The van der Waals surface area contributed by atoms with Crippen LogP contribution in [0.1, 0.15) is 69.2 Å². The number of aliphatic hydroxyl groups is 2. The fourth-order valence-corrected chi connectivity index (χ4v) is 7.08. The average molecular weight is 494 g/mol. The molecule has 0 bridgehead atoms. The summed E-state index contributed by atoms with van der Waals surface area (Å²) < 4.78 is 5.61. The molecule has 2 heterocycles. The Kier molecular flexibility index (Phi) is 6.83. The predicted molar refractivity (Wildman–Crippen MR) is 138 cm³/mol. The van der Waals surface area contributed by atoms with Gasteiger partial charge in [-0.15, -0.1) is 0 Å². The number of carbonyl (C=O) groups is 1. The van der Waals surface area contributed by atoms with Crippen LogP contribution in [0.3, 0.4) is 0 Å². The second-order valence-corrected chi connectivity index (χ2v) is 11.2. The van der Waals surface area contributed by atoms with E-state index in [2.05, 4.69) is 28.2 Å². The second-order valence-electron chi connectivity index (χ2n) is 11.2. The van der Waals surface area contributed by atoms with Crippen LogP contribution in [0.15, 0.2) is 42.6 Å². The summed E-state index contributed by atoms with van der Waals surface area (Å²) in [6.07, 6.45) is 7.22. The van der Waals surface area contributed by atoms with Crippen LogP contribution in [0.4, 0.5) is 4.79 Å². The van der Waals surface area contributed by atoms with Crippen LogP contribution >= 0.6 is 0 Å². The highest BCUT2D eigenvalue weighted by Crippen LogP contribution is 2.59. The number of fused-ring (bicyclic) bond motifs is 3. The smallest absolute Gasteiger partial charge is 0.410 e. The lowest BCUT2D eigenvalue weighted by molar-refractivity contribution is -0.207. The molecule has 0 radical (unpaired) electrons. The lowest BCUT2D eigenvalue weighted by Gasteiger charge is -2.58. The van der Waals surface area contributed by atoms with Crippen molar-refractivity contribution in [1.82, 2.24) is 15.2 Å². The largest absolute Gasteiger partial charge is 0.412 e. The third-order valence-corrected chi connectivity index (χ3v) is 9.08. The molecule has 1 aromatic heterocycles. The molecule has 3 N–H and O–H groups in total. The number of aromatic nitrogens is 1. The van der Waals surface area contributed by atoms with Crippen molar-refractivity contribution in [2.75, 3.05) is 26.2 Å². The van der Waals surface area contributed by atoms with Crippen LogP contribution in [-0.4, -0.2) is 58.0 Å². The molecule has 1 amide bonds. The third-order valence-electron chi connectivity index (χ3n) is 9.08. The first-order valence-electron chi connectivity index (χ1n) is 13.5. The van der Waals surface area contributed by atoms with Crippen molar-refractivity contribution in [1.29, 1.82) is 0 Å². The quantitative estimate of drug-likeness (QED) is 0.565. The number of aryl methyl sites for hydroxylation is 1. The Morgan fingerprint density at radius 2 is 2.03 bits per heavy atom. The Morgan fingerprint density at radius 1 is 1.22 bits per heavy atom. The summed E-state index contributed by atoms with van der Waals surface area (Å²) >= 11 is 0. The molecule has 194 valence electrons. The van der Waals surface area contributed by atoms with Gasteiger partial charge in [0.25, 0.3) is 0 Å². The Bertz CT molecular complexity index is 1090. The van der Waals surface area contributed by atoms with Gasteiger partial charge in [0.15, 0.2) is 0 Å². The van der Waals surface area contributed by atoms with Crippen LogP contribution in [0, 0.1) is 5.92 Å². The van der Waals surface area contributed by atoms with Crippen molar-refractivity contribution in [3.8, 4) is 5.75 Å². The van der Waals surface area contributed by atoms with Crippen LogP contribution in [0.5, 0.6) is 5.75 Å². The van der Waals surface area contributed by atoms with E-state index in [9.17, 15) is 15.0 Å². The standard InChI is InChI=1S/C29H39N3O4/c1-3-28-20-27(2,34)29(35,25-8-4-5-13-30-25)19-22(28)10-9-21-18-23(11-12-24(21)28)36-26(33)31-14-17-32-15-6-7-16-32/h4-5,8,11-13,18,22,34-35H,3,6-7,9-10,14-17,19-20H2,1-2H3,(H,31,33)/t22-,27?,28?,29?/m1/s1. The van der Waals surface area contributed by atoms with E-state index in [1.54, 1.807) is 13.1 Å². The highest BCUT2D eigenvalue weighted by molar-refractivity contribution is 5.70. The van der Waals surface area contributed by atoms with Crippen LogP contribution < -0.4 is 10.1 Å². The van der Waals surface area contributed by atoms with E-state index in [1.165, 1.54) is 18.4 Å². The van der Waals surface area contributed by atoms with Gasteiger partial charge in [0, 0.05) is 24.7 Å². The van der Waals surface area contributed by atoms with E-state index in [4.69, 9.17) is 4.74 Å². The summed E-state index contributed by atoms with van der Waals surface area (Å²) in [5, 5.41) is 26.3. The van der Waals surface area contributed by atoms with Crippen LogP contribution in [-0.2, 0) is 17.4 Å². The molecule has 3 aliphatic rings. The highest BCUT2D eigenvalue weighted by atomic mass is 16.6. The van der Waals surface area contributed by atoms with Gasteiger partial charge in [0.05, 0.1) is 11.3 Å². The second kappa shape index (κ2) is 9.77. The first-order chi connectivity index (χ1) is 17.3. The van der Waals surface area contributed by atoms with E-state index in [-0.39, 0.29) is 11.3 Å². The molecule has 1 aromatic carbocycles. The fraction of sp³-hybridized carbons (Fsp3) is 0.586. The maximum absolute atomic E-state index is 12.4. The Balaban J connectivity index is 1.33. The molecule has 5 rings (SSSR count). The number of amides is 1. The van der Waals surface area contributed by atoms with Gasteiger partial charge in [-0.25, -0.2) is 4.79 Å². The Labute approximate surface area is 213 Å². The van der Waals surface area contributed by atoms with Crippen molar-refractivity contribution < 1.29 is 19.7 Å². The molecule has 7 heteroatoms. The summed E-state index contributed by atoms with van der Waals surface area (Å²) in [6, 6.07) is 11.4. The van der Waals surface area contributed by atoms with Gasteiger partial charge in [-0.05, 0) is 106 Å². The van der Waals surface area contributed by atoms with Gasteiger partial charge in [0.1, 0.15) is 11.4 Å². The minimum atomic E-state index is -1.40. The molecule has 7 nitrogen and oxygen atoms in total. The van der Waals surface area contributed by atoms with E-state index in [0.717, 1.165) is 44.5 Å². The predicted octanol–water partition coefficient (Wildman–Crippen LogP) is 3.91. The number of carbonyl (C=O) groups excluding carboxylic acids is 1. The summed E-state index contributed by atoms with van der Waals surface area (Å²) in [5.74, 6) is 0.757. The molecule has 1 aliphatic heterocycles. The first kappa shape index (κ1) is 25.2. The minimum Gasteiger partial charge on any atom is -0.410 e. The van der Waals surface area contributed by atoms with Gasteiger partial charge >= 0.3 is 6.09 Å². The molecule has 36 heavy (non-hydrogen) atoms. The molecular formula is C29H39N3O4. The summed E-state index contributed by atoms with van der Waals surface area (Å²) in [4.78, 5) is 19.1. The molecule has 3 unspecified atom stereocenters. The van der Waals surface area contributed by atoms with Crippen LogP contribution in [0.25, 0.3) is 0 Å². The van der Waals surface area contributed by atoms with Crippen LogP contribution in [0.2, 0.25) is 0 Å². The molecule has 2 aromatic rings. The minimum absolute atomic E-state index is 0.211. The van der Waals surface area contributed by atoms with E-state index < -0.39 is 17.3 Å². The molecular weight excluding hydrogens is 454 g/mol. The maximum Gasteiger partial charge on any atom is 0.412 e. The number of benzene rings is 1. The number of hydrogen-bond donors (Lipinski definition) is 3. The number of rotatable bonds is 6. The normalized spacial score (nSPS) is 31.9. The van der Waals surface area contributed by atoms with E-state index in [0.29, 0.717) is 30.8 Å². The molecule has 1 saturated carbocycles. The van der Waals surface area contributed by atoms with Gasteiger partial charge in [0.2, 0.25) is 0 Å². The summed E-state index contributed by atoms with van der Waals surface area (Å²) in [5.41, 5.74) is -0.0989. The number of nitrogens with zero attached hydrogens (tertiary/aromatic N) is 2. The van der Waals surface area contributed by atoms with E-state index >= 15 is 0 Å². The van der Waals surface area contributed by atoms with Gasteiger partial charge in [-0.1, -0.05) is 19.1 Å². The number of hydrogen-bond acceptors (Lipinski definition) is 6.